The Labute approximate surface area is 104 Å². The van der Waals surface area contributed by atoms with E-state index in [1.165, 1.54) is 10.9 Å². The van der Waals surface area contributed by atoms with E-state index in [1.807, 2.05) is 19.1 Å². The summed E-state index contributed by atoms with van der Waals surface area (Å²) in [4.78, 5) is 7.84. The van der Waals surface area contributed by atoms with Crippen molar-refractivity contribution in [2.75, 3.05) is 13.7 Å². The Morgan fingerprint density at radius 2 is 2.24 bits per heavy atom. The third-order valence-electron chi connectivity index (χ3n) is 3.25. The first-order chi connectivity index (χ1) is 8.20. The molecular formula is C13H13ClN2O. The number of methoxy groups -OCH3 is 1. The van der Waals surface area contributed by atoms with Gasteiger partial charge in [-0.1, -0.05) is 11.6 Å². The molecule has 17 heavy (non-hydrogen) atoms. The fourth-order valence-electron chi connectivity index (χ4n) is 2.39. The van der Waals surface area contributed by atoms with Gasteiger partial charge in [-0.05, 0) is 31.0 Å². The van der Waals surface area contributed by atoms with Gasteiger partial charge in [0.2, 0.25) is 0 Å². The average Bonchev–Trinajstić information content (AvgIpc) is 2.67. The molecule has 0 saturated carbocycles. The highest BCUT2D eigenvalue weighted by Crippen LogP contribution is 2.34. The van der Waals surface area contributed by atoms with E-state index in [9.17, 15) is 0 Å². The summed E-state index contributed by atoms with van der Waals surface area (Å²) in [5.41, 5.74) is 4.58. The van der Waals surface area contributed by atoms with E-state index in [2.05, 4.69) is 9.98 Å². The number of benzene rings is 1. The summed E-state index contributed by atoms with van der Waals surface area (Å²) in [7, 11) is 1.64. The zero-order chi connectivity index (χ0) is 12.0. The molecule has 3 rings (SSSR count). The van der Waals surface area contributed by atoms with Gasteiger partial charge in [0.25, 0.3) is 0 Å². The van der Waals surface area contributed by atoms with Crippen molar-refractivity contribution in [1.29, 1.82) is 0 Å². The number of fused-ring (bicyclic) bond motifs is 3. The molecule has 1 aromatic heterocycles. The maximum atomic E-state index is 6.13. The summed E-state index contributed by atoms with van der Waals surface area (Å²) in [6, 6.07) is 3.92. The molecule has 0 saturated heterocycles. The molecule has 0 atom stereocenters. The highest BCUT2D eigenvalue weighted by atomic mass is 35.5. The van der Waals surface area contributed by atoms with Gasteiger partial charge in [0, 0.05) is 17.4 Å². The maximum Gasteiger partial charge on any atom is 0.138 e. The van der Waals surface area contributed by atoms with Crippen molar-refractivity contribution in [2.45, 2.75) is 13.3 Å². The average molecular weight is 249 g/mol. The van der Waals surface area contributed by atoms with E-state index >= 15 is 0 Å². The third kappa shape index (κ3) is 1.53. The van der Waals surface area contributed by atoms with Gasteiger partial charge in [-0.25, -0.2) is 0 Å². The van der Waals surface area contributed by atoms with E-state index < -0.39 is 0 Å². The molecule has 3 nitrogen and oxygen atoms in total. The lowest BCUT2D eigenvalue weighted by Gasteiger charge is -2.09. The predicted molar refractivity (Wildman–Crippen MR) is 70.6 cm³/mol. The van der Waals surface area contributed by atoms with Gasteiger partial charge >= 0.3 is 0 Å². The molecule has 0 amide bonds. The van der Waals surface area contributed by atoms with Crippen molar-refractivity contribution in [3.8, 4) is 5.75 Å². The zero-order valence-electron chi connectivity index (χ0n) is 9.80. The number of hydrogen-bond donors (Lipinski definition) is 1. The van der Waals surface area contributed by atoms with Crippen LogP contribution in [0.5, 0.6) is 5.75 Å². The highest BCUT2D eigenvalue weighted by molar-refractivity contribution is 6.33. The number of nitrogens with one attached hydrogen (secondary N) is 1. The second-order valence-electron chi connectivity index (χ2n) is 4.23. The number of ether oxygens (including phenoxy) is 1. The van der Waals surface area contributed by atoms with Crippen LogP contribution in [0.1, 0.15) is 18.2 Å². The number of aromatic amines is 1. The van der Waals surface area contributed by atoms with Crippen molar-refractivity contribution >= 4 is 28.2 Å². The standard InChI is InChI=1S/C13H13ClN2O/c1-7-13-8(3-4-15-7)9-5-12(17-2)10(14)6-11(9)16-13/h5-6,16H,3-4H2,1-2H3. The number of halogens is 1. The second kappa shape index (κ2) is 3.77. The van der Waals surface area contributed by atoms with Gasteiger partial charge in [-0.3, -0.25) is 4.99 Å². The van der Waals surface area contributed by atoms with Gasteiger partial charge < -0.3 is 9.72 Å². The summed E-state index contributed by atoms with van der Waals surface area (Å²) < 4.78 is 5.26. The zero-order valence-corrected chi connectivity index (χ0v) is 10.6. The Morgan fingerprint density at radius 3 is 3.00 bits per heavy atom. The van der Waals surface area contributed by atoms with Crippen LogP contribution >= 0.6 is 11.6 Å². The highest BCUT2D eigenvalue weighted by Gasteiger charge is 2.18. The Kier molecular flexibility index (Phi) is 2.37. The van der Waals surface area contributed by atoms with Crippen LogP contribution in [-0.2, 0) is 6.42 Å². The predicted octanol–water partition coefficient (Wildman–Crippen LogP) is 3.20. The summed E-state index contributed by atoms with van der Waals surface area (Å²) in [5, 5.41) is 1.82. The van der Waals surface area contributed by atoms with Crippen molar-refractivity contribution in [2.24, 2.45) is 4.99 Å². The number of H-pyrrole nitrogens is 1. The Balaban J connectivity index is 2.33. The molecule has 0 unspecified atom stereocenters. The first kappa shape index (κ1) is 10.7. The van der Waals surface area contributed by atoms with Crippen LogP contribution in [0.2, 0.25) is 5.02 Å². The molecule has 1 aromatic carbocycles. The molecular weight excluding hydrogens is 236 g/mol. The fraction of sp³-hybridized carbons (Fsp3) is 0.308. The van der Waals surface area contributed by atoms with Crippen molar-refractivity contribution in [3.63, 3.8) is 0 Å². The Hall–Kier alpha value is -1.48. The summed E-state index contributed by atoms with van der Waals surface area (Å²) in [5.74, 6) is 0.723. The maximum absolute atomic E-state index is 6.13. The molecule has 4 heteroatoms. The van der Waals surface area contributed by atoms with E-state index in [4.69, 9.17) is 16.3 Å². The number of aromatic nitrogens is 1. The largest absolute Gasteiger partial charge is 0.495 e. The Morgan fingerprint density at radius 1 is 1.41 bits per heavy atom. The third-order valence-corrected chi connectivity index (χ3v) is 3.55. The minimum Gasteiger partial charge on any atom is -0.495 e. The normalized spacial score (nSPS) is 14.6. The van der Waals surface area contributed by atoms with Gasteiger partial charge in [0.15, 0.2) is 0 Å². The van der Waals surface area contributed by atoms with E-state index in [0.29, 0.717) is 5.02 Å². The summed E-state index contributed by atoms with van der Waals surface area (Å²) in [6.07, 6.45) is 0.970. The van der Waals surface area contributed by atoms with Gasteiger partial charge in [0.1, 0.15) is 5.75 Å². The summed E-state index contributed by atoms with van der Waals surface area (Å²) >= 11 is 6.13. The summed E-state index contributed by atoms with van der Waals surface area (Å²) in [6.45, 7) is 2.89. The first-order valence-electron chi connectivity index (χ1n) is 5.60. The minimum absolute atomic E-state index is 0.633. The molecule has 2 heterocycles. The number of rotatable bonds is 1. The topological polar surface area (TPSA) is 37.4 Å². The van der Waals surface area contributed by atoms with Crippen LogP contribution in [0.4, 0.5) is 0 Å². The minimum atomic E-state index is 0.633. The molecule has 1 N–H and O–H groups in total. The van der Waals surface area contributed by atoms with Crippen LogP contribution in [0.25, 0.3) is 10.9 Å². The molecule has 0 bridgehead atoms. The molecule has 88 valence electrons. The fourth-order valence-corrected chi connectivity index (χ4v) is 2.63. The lowest BCUT2D eigenvalue weighted by Crippen LogP contribution is -2.08. The molecule has 1 aliphatic heterocycles. The number of nitrogens with zero attached hydrogens (tertiary/aromatic N) is 1. The van der Waals surface area contributed by atoms with Gasteiger partial charge in [-0.15, -0.1) is 0 Å². The quantitative estimate of drug-likeness (QED) is 0.827. The monoisotopic (exact) mass is 248 g/mol. The molecule has 1 aliphatic rings. The van der Waals surface area contributed by atoms with E-state index in [0.717, 1.165) is 35.6 Å². The van der Waals surface area contributed by atoms with E-state index in [-0.39, 0.29) is 0 Å². The van der Waals surface area contributed by atoms with Crippen LogP contribution in [0, 0.1) is 0 Å². The molecule has 0 fully saturated rings. The molecule has 0 radical (unpaired) electrons. The van der Waals surface area contributed by atoms with Gasteiger partial charge in [-0.2, -0.15) is 0 Å². The second-order valence-corrected chi connectivity index (χ2v) is 4.64. The Bertz CT molecular complexity index is 628. The smallest absolute Gasteiger partial charge is 0.138 e. The van der Waals surface area contributed by atoms with Crippen molar-refractivity contribution in [3.05, 3.63) is 28.4 Å². The molecule has 0 spiro atoms. The lowest BCUT2D eigenvalue weighted by atomic mass is 10.0. The van der Waals surface area contributed by atoms with Crippen LogP contribution in [-0.4, -0.2) is 24.4 Å². The van der Waals surface area contributed by atoms with E-state index in [1.54, 1.807) is 7.11 Å². The van der Waals surface area contributed by atoms with Crippen molar-refractivity contribution < 1.29 is 4.74 Å². The first-order valence-corrected chi connectivity index (χ1v) is 5.98. The number of hydrogen-bond acceptors (Lipinski definition) is 2. The molecule has 0 aliphatic carbocycles. The van der Waals surface area contributed by atoms with Crippen LogP contribution in [0.3, 0.4) is 0 Å². The SMILES string of the molecule is COc1cc2c3c([nH]c2cc1Cl)C(C)=NCC3. The van der Waals surface area contributed by atoms with Crippen LogP contribution < -0.4 is 4.74 Å². The van der Waals surface area contributed by atoms with Gasteiger partial charge in [0.05, 0.1) is 23.5 Å². The number of aliphatic imine (C=N–C) groups is 1. The van der Waals surface area contributed by atoms with Crippen molar-refractivity contribution in [1.82, 2.24) is 4.98 Å². The molecule has 2 aromatic rings. The lowest BCUT2D eigenvalue weighted by molar-refractivity contribution is 0.415. The van der Waals surface area contributed by atoms with Crippen LogP contribution in [0.15, 0.2) is 17.1 Å².